The van der Waals surface area contributed by atoms with E-state index in [0.29, 0.717) is 17.9 Å². The molecule has 1 aromatic carbocycles. The third-order valence-corrected chi connectivity index (χ3v) is 4.96. The van der Waals surface area contributed by atoms with Gasteiger partial charge in [0.1, 0.15) is 5.75 Å². The van der Waals surface area contributed by atoms with Crippen LogP contribution in [0.2, 0.25) is 0 Å². The molecule has 0 radical (unpaired) electrons. The van der Waals surface area contributed by atoms with Crippen LogP contribution < -0.4 is 9.46 Å². The van der Waals surface area contributed by atoms with Gasteiger partial charge in [0.05, 0.1) is 11.5 Å². The fourth-order valence-corrected chi connectivity index (χ4v) is 3.63. The van der Waals surface area contributed by atoms with E-state index in [2.05, 4.69) is 9.71 Å². The van der Waals surface area contributed by atoms with E-state index in [0.717, 1.165) is 5.56 Å². The smallest absolute Gasteiger partial charge is 0.241 e. The average molecular weight is 320 g/mol. The summed E-state index contributed by atoms with van der Waals surface area (Å²) in [7, 11) is -3.60. The molecule has 0 spiro atoms. The summed E-state index contributed by atoms with van der Waals surface area (Å²) in [4.78, 5) is 4.26. The first-order chi connectivity index (χ1) is 10.4. The number of ether oxygens (including phenoxy) is 1. The van der Waals surface area contributed by atoms with Crippen molar-refractivity contribution in [2.24, 2.45) is 0 Å². The Labute approximate surface area is 131 Å². The molecule has 2 aromatic rings. The van der Waals surface area contributed by atoms with Crippen molar-refractivity contribution >= 4 is 10.0 Å². The van der Waals surface area contributed by atoms with Crippen LogP contribution in [0.4, 0.5) is 0 Å². The summed E-state index contributed by atoms with van der Waals surface area (Å²) < 4.78 is 33.1. The highest BCUT2D eigenvalue weighted by Crippen LogP contribution is 2.23. The Bertz CT molecular complexity index is 730. The Balaban J connectivity index is 2.23. The molecule has 6 heteroatoms. The third-order valence-electron chi connectivity index (χ3n) is 3.26. The molecule has 1 aromatic heterocycles. The lowest BCUT2D eigenvalue weighted by atomic mass is 10.2. The minimum atomic E-state index is -3.60. The second-order valence-corrected chi connectivity index (χ2v) is 6.67. The highest BCUT2D eigenvalue weighted by atomic mass is 32.2. The minimum absolute atomic E-state index is 0.256. The zero-order valence-corrected chi connectivity index (χ0v) is 13.7. The van der Waals surface area contributed by atoms with Gasteiger partial charge in [-0.3, -0.25) is 4.98 Å². The van der Waals surface area contributed by atoms with Gasteiger partial charge in [-0.1, -0.05) is 6.07 Å². The van der Waals surface area contributed by atoms with Gasteiger partial charge in [0.25, 0.3) is 0 Å². The van der Waals surface area contributed by atoms with Crippen molar-refractivity contribution in [3.8, 4) is 5.75 Å². The molecule has 0 aliphatic heterocycles. The van der Waals surface area contributed by atoms with Crippen molar-refractivity contribution in [2.45, 2.75) is 31.7 Å². The Kier molecular flexibility index (Phi) is 5.15. The van der Waals surface area contributed by atoms with Gasteiger partial charge in [-0.05, 0) is 56.2 Å². The lowest BCUT2D eigenvalue weighted by Gasteiger charge is -2.16. The maximum absolute atomic E-state index is 12.5. The Morgan fingerprint density at radius 2 is 2.09 bits per heavy atom. The molecule has 0 unspecified atom stereocenters. The third kappa shape index (κ3) is 3.84. The van der Waals surface area contributed by atoms with Crippen LogP contribution in [0.15, 0.2) is 47.6 Å². The zero-order valence-electron chi connectivity index (χ0n) is 12.9. The average Bonchev–Trinajstić information content (AvgIpc) is 2.48. The molecular weight excluding hydrogens is 300 g/mol. The van der Waals surface area contributed by atoms with Crippen LogP contribution in [-0.2, 0) is 10.0 Å². The van der Waals surface area contributed by atoms with Gasteiger partial charge < -0.3 is 4.74 Å². The van der Waals surface area contributed by atoms with Crippen LogP contribution in [0, 0.1) is 6.92 Å². The molecule has 0 aliphatic carbocycles. The fraction of sp³-hybridized carbons (Fsp3) is 0.312. The summed E-state index contributed by atoms with van der Waals surface area (Å²) in [6, 6.07) is 8.23. The number of hydrogen-bond acceptors (Lipinski definition) is 4. The molecule has 1 atom stereocenters. The summed E-state index contributed by atoms with van der Waals surface area (Å²) in [5, 5.41) is 0. The molecule has 1 N–H and O–H groups in total. The van der Waals surface area contributed by atoms with Crippen molar-refractivity contribution in [1.29, 1.82) is 0 Å². The van der Waals surface area contributed by atoms with Crippen LogP contribution in [0.1, 0.15) is 31.0 Å². The Morgan fingerprint density at radius 3 is 2.68 bits per heavy atom. The molecule has 1 heterocycles. The number of sulfonamides is 1. The SMILES string of the molecule is CCOc1ccc(S(=O)(=O)N[C@H](C)c2cccnc2)c(C)c1. The molecule has 0 saturated carbocycles. The van der Waals surface area contributed by atoms with Crippen molar-refractivity contribution in [2.75, 3.05) is 6.61 Å². The second-order valence-electron chi connectivity index (χ2n) is 4.99. The Hall–Kier alpha value is -1.92. The van der Waals surface area contributed by atoms with E-state index >= 15 is 0 Å². The van der Waals surface area contributed by atoms with Crippen LogP contribution >= 0.6 is 0 Å². The topological polar surface area (TPSA) is 68.3 Å². The molecular formula is C16H20N2O3S. The zero-order chi connectivity index (χ0) is 16.2. The van der Waals surface area contributed by atoms with Gasteiger partial charge in [0, 0.05) is 18.4 Å². The van der Waals surface area contributed by atoms with E-state index in [4.69, 9.17) is 4.74 Å². The number of rotatable bonds is 6. The summed E-state index contributed by atoms with van der Waals surface area (Å²) in [6.07, 6.45) is 3.31. The van der Waals surface area contributed by atoms with Gasteiger partial charge in [0.2, 0.25) is 10.0 Å². The van der Waals surface area contributed by atoms with E-state index in [1.54, 1.807) is 50.5 Å². The standard InChI is InChI=1S/C16H20N2O3S/c1-4-21-15-7-8-16(12(2)10-15)22(19,20)18-13(3)14-6-5-9-17-11-14/h5-11,13,18H,4H2,1-3H3/t13-/m1/s1. The largest absolute Gasteiger partial charge is 0.494 e. The lowest BCUT2D eigenvalue weighted by molar-refractivity contribution is 0.339. The molecule has 2 rings (SSSR count). The molecule has 0 aliphatic rings. The number of nitrogens with zero attached hydrogens (tertiary/aromatic N) is 1. The van der Waals surface area contributed by atoms with Gasteiger partial charge in [-0.25, -0.2) is 13.1 Å². The predicted molar refractivity (Wildman–Crippen MR) is 85.3 cm³/mol. The normalized spacial score (nSPS) is 12.9. The van der Waals surface area contributed by atoms with E-state index in [1.807, 2.05) is 13.0 Å². The maximum Gasteiger partial charge on any atom is 0.241 e. The second kappa shape index (κ2) is 6.89. The van der Waals surface area contributed by atoms with E-state index in [-0.39, 0.29) is 10.9 Å². The van der Waals surface area contributed by atoms with Crippen LogP contribution in [0.3, 0.4) is 0 Å². The van der Waals surface area contributed by atoms with Crippen LogP contribution in [-0.4, -0.2) is 20.0 Å². The number of aromatic nitrogens is 1. The number of hydrogen-bond donors (Lipinski definition) is 1. The summed E-state index contributed by atoms with van der Waals surface area (Å²) in [5.41, 5.74) is 1.46. The molecule has 22 heavy (non-hydrogen) atoms. The summed E-state index contributed by atoms with van der Waals surface area (Å²) >= 11 is 0. The summed E-state index contributed by atoms with van der Waals surface area (Å²) in [6.45, 7) is 5.98. The first kappa shape index (κ1) is 16.5. The Morgan fingerprint density at radius 1 is 1.32 bits per heavy atom. The first-order valence-corrected chi connectivity index (χ1v) is 8.58. The highest BCUT2D eigenvalue weighted by molar-refractivity contribution is 7.89. The molecule has 0 fully saturated rings. The quantitative estimate of drug-likeness (QED) is 0.888. The van der Waals surface area contributed by atoms with Crippen molar-refractivity contribution in [3.63, 3.8) is 0 Å². The van der Waals surface area contributed by atoms with Gasteiger partial charge >= 0.3 is 0 Å². The predicted octanol–water partition coefficient (Wildman–Crippen LogP) is 2.83. The van der Waals surface area contributed by atoms with Crippen LogP contribution in [0.25, 0.3) is 0 Å². The minimum Gasteiger partial charge on any atom is -0.494 e. The maximum atomic E-state index is 12.5. The highest BCUT2D eigenvalue weighted by Gasteiger charge is 2.20. The van der Waals surface area contributed by atoms with Gasteiger partial charge in [-0.15, -0.1) is 0 Å². The van der Waals surface area contributed by atoms with Crippen molar-refractivity contribution in [1.82, 2.24) is 9.71 Å². The van der Waals surface area contributed by atoms with Crippen molar-refractivity contribution in [3.05, 3.63) is 53.9 Å². The van der Waals surface area contributed by atoms with E-state index in [9.17, 15) is 8.42 Å². The molecule has 5 nitrogen and oxygen atoms in total. The number of nitrogens with one attached hydrogen (secondary N) is 1. The monoisotopic (exact) mass is 320 g/mol. The van der Waals surface area contributed by atoms with E-state index < -0.39 is 10.0 Å². The van der Waals surface area contributed by atoms with Gasteiger partial charge in [-0.2, -0.15) is 0 Å². The first-order valence-electron chi connectivity index (χ1n) is 7.09. The van der Waals surface area contributed by atoms with Crippen molar-refractivity contribution < 1.29 is 13.2 Å². The van der Waals surface area contributed by atoms with E-state index in [1.165, 1.54) is 0 Å². The van der Waals surface area contributed by atoms with Crippen LogP contribution in [0.5, 0.6) is 5.75 Å². The lowest BCUT2D eigenvalue weighted by Crippen LogP contribution is -2.27. The fourth-order valence-electron chi connectivity index (χ4n) is 2.18. The molecule has 0 saturated heterocycles. The summed E-state index contributed by atoms with van der Waals surface area (Å²) in [5.74, 6) is 0.666. The molecule has 118 valence electrons. The number of aryl methyl sites for hydroxylation is 1. The molecule has 0 bridgehead atoms. The number of benzene rings is 1. The number of pyridine rings is 1. The van der Waals surface area contributed by atoms with Gasteiger partial charge in [0.15, 0.2) is 0 Å². The molecule has 0 amide bonds.